The second-order valence-corrected chi connectivity index (χ2v) is 17.0. The van der Waals surface area contributed by atoms with Crippen molar-refractivity contribution < 1.29 is 9.59 Å². The summed E-state index contributed by atoms with van der Waals surface area (Å²) < 4.78 is 1.65. The molecule has 2 aliphatic heterocycles. The van der Waals surface area contributed by atoms with Crippen LogP contribution in [0.15, 0.2) is 42.5 Å². The molecular formula is C29H32ClN3O2Si. The van der Waals surface area contributed by atoms with Gasteiger partial charge in [-0.1, -0.05) is 77.3 Å². The fraction of sp³-hybridized carbons (Fsp3) is 0.379. The van der Waals surface area contributed by atoms with Crippen LogP contribution in [0.2, 0.25) is 21.6 Å². The molecule has 1 N–H and O–H groups in total. The van der Waals surface area contributed by atoms with E-state index in [-0.39, 0.29) is 11.9 Å². The maximum absolute atomic E-state index is 13.8. The normalized spacial score (nSPS) is 18.9. The first kappa shape index (κ1) is 24.7. The first-order valence-corrected chi connectivity index (χ1v) is 15.2. The highest BCUT2D eigenvalue weighted by Gasteiger charge is 2.55. The van der Waals surface area contributed by atoms with Gasteiger partial charge in [-0.05, 0) is 40.9 Å². The first-order valence-electron chi connectivity index (χ1n) is 12.6. The van der Waals surface area contributed by atoms with Gasteiger partial charge in [-0.15, -0.1) is 5.54 Å². The third kappa shape index (κ3) is 3.09. The Balaban J connectivity index is 1.78. The van der Waals surface area contributed by atoms with E-state index >= 15 is 0 Å². The number of carbonyl (C=O) groups excluding carboxylic acids is 2. The highest BCUT2D eigenvalue weighted by molar-refractivity contribution is 6.90. The molecule has 3 heterocycles. The number of rotatable bonds is 3. The number of para-hydroxylation sites is 1. The van der Waals surface area contributed by atoms with E-state index in [9.17, 15) is 9.59 Å². The Hall–Kier alpha value is -3.01. The predicted molar refractivity (Wildman–Crippen MR) is 149 cm³/mol. The third-order valence-corrected chi connectivity index (χ3v) is 14.9. The summed E-state index contributed by atoms with van der Waals surface area (Å²) in [7, 11) is -0.269. The van der Waals surface area contributed by atoms with Crippen molar-refractivity contribution in [3.63, 3.8) is 0 Å². The number of nitrogens with one attached hydrogen (secondary N) is 1. The van der Waals surface area contributed by atoms with Gasteiger partial charge in [0.2, 0.25) is 0 Å². The molecule has 2 aromatic carbocycles. The average molecular weight is 518 g/mol. The number of carbonyl (C=O) groups is 2. The molecule has 3 aromatic rings. The monoisotopic (exact) mass is 517 g/mol. The molecule has 0 bridgehead atoms. The zero-order valence-corrected chi connectivity index (χ0v) is 23.6. The Morgan fingerprint density at radius 3 is 2.25 bits per heavy atom. The van der Waals surface area contributed by atoms with Crippen LogP contribution in [0.3, 0.4) is 0 Å². The minimum Gasteiger partial charge on any atom is -0.315 e. The lowest BCUT2D eigenvalue weighted by Crippen LogP contribution is -2.57. The minimum absolute atomic E-state index is 0.202. The molecular weight excluding hydrogens is 486 g/mol. The fourth-order valence-corrected chi connectivity index (χ4v) is 12.1. The molecule has 1 spiro atoms. The SMILES string of the molecule is CC(C)[Si](C#Cc1cc2cccc3c2n1C(=O)NC31C(=O)N(C)c2ccc(Cl)cc21)(C(C)C)C(C)C. The van der Waals surface area contributed by atoms with Gasteiger partial charge in [-0.3, -0.25) is 9.36 Å². The number of hydrogen-bond acceptors (Lipinski definition) is 2. The molecule has 7 heteroatoms. The summed E-state index contributed by atoms with van der Waals surface area (Å²) in [5.41, 5.74) is 7.43. The molecule has 2 aliphatic rings. The van der Waals surface area contributed by atoms with E-state index in [2.05, 4.69) is 58.3 Å². The lowest BCUT2D eigenvalue weighted by atomic mass is 9.82. The van der Waals surface area contributed by atoms with Gasteiger partial charge in [0.05, 0.1) is 5.52 Å². The number of anilines is 1. The molecule has 36 heavy (non-hydrogen) atoms. The number of benzene rings is 2. The summed E-state index contributed by atoms with van der Waals surface area (Å²) in [6.45, 7) is 13.7. The van der Waals surface area contributed by atoms with Gasteiger partial charge in [-0.2, -0.15) is 0 Å². The van der Waals surface area contributed by atoms with Gasteiger partial charge >= 0.3 is 6.03 Å². The highest BCUT2D eigenvalue weighted by atomic mass is 35.5. The van der Waals surface area contributed by atoms with Crippen molar-refractivity contribution in [1.82, 2.24) is 9.88 Å². The van der Waals surface area contributed by atoms with Gasteiger partial charge in [0.15, 0.2) is 5.54 Å². The third-order valence-electron chi connectivity index (χ3n) is 8.35. The van der Waals surface area contributed by atoms with E-state index in [0.29, 0.717) is 32.9 Å². The molecule has 1 aromatic heterocycles. The van der Waals surface area contributed by atoms with Crippen molar-refractivity contribution >= 4 is 48.2 Å². The van der Waals surface area contributed by atoms with Crippen molar-refractivity contribution in [2.45, 2.75) is 63.7 Å². The maximum atomic E-state index is 13.8. The smallest absolute Gasteiger partial charge is 0.315 e. The molecule has 186 valence electrons. The number of halogens is 1. The number of likely N-dealkylation sites (N-methyl/N-ethyl adjacent to an activating group) is 1. The van der Waals surface area contributed by atoms with Crippen molar-refractivity contribution in [1.29, 1.82) is 0 Å². The Morgan fingerprint density at radius 2 is 1.61 bits per heavy atom. The van der Waals surface area contributed by atoms with Gasteiger partial charge in [0.25, 0.3) is 5.91 Å². The van der Waals surface area contributed by atoms with Gasteiger partial charge in [0.1, 0.15) is 13.8 Å². The van der Waals surface area contributed by atoms with E-state index in [1.54, 1.807) is 28.6 Å². The number of hydrogen-bond donors (Lipinski definition) is 1. The number of amides is 2. The summed E-state index contributed by atoms with van der Waals surface area (Å²) in [4.78, 5) is 29.1. The summed E-state index contributed by atoms with van der Waals surface area (Å²) >= 11 is 6.36. The molecule has 5 nitrogen and oxygen atoms in total. The minimum atomic E-state index is -2.00. The fourth-order valence-electron chi connectivity index (χ4n) is 6.71. The van der Waals surface area contributed by atoms with Gasteiger partial charge < -0.3 is 10.2 Å². The van der Waals surface area contributed by atoms with Crippen LogP contribution in [-0.2, 0) is 10.3 Å². The van der Waals surface area contributed by atoms with Crippen LogP contribution >= 0.6 is 11.6 Å². The topological polar surface area (TPSA) is 54.3 Å². The second-order valence-electron chi connectivity index (χ2n) is 11.0. The molecule has 0 saturated carbocycles. The molecule has 0 aliphatic carbocycles. The van der Waals surface area contributed by atoms with Crippen molar-refractivity contribution in [3.8, 4) is 11.5 Å². The van der Waals surface area contributed by atoms with Crippen molar-refractivity contribution in [3.05, 3.63) is 64.3 Å². The number of fused-ring (bicyclic) bond motifs is 3. The second kappa shape index (κ2) is 8.26. The molecule has 2 amide bonds. The molecule has 0 fully saturated rings. The Morgan fingerprint density at radius 1 is 0.944 bits per heavy atom. The van der Waals surface area contributed by atoms with E-state index in [1.807, 2.05) is 30.3 Å². The van der Waals surface area contributed by atoms with E-state index in [1.165, 1.54) is 0 Å². The zero-order valence-electron chi connectivity index (χ0n) is 21.9. The van der Waals surface area contributed by atoms with E-state index in [0.717, 1.165) is 22.2 Å². The summed E-state index contributed by atoms with van der Waals surface area (Å²) in [6.07, 6.45) is 0. The Kier molecular flexibility index (Phi) is 5.66. The average Bonchev–Trinajstić information content (AvgIpc) is 3.28. The summed E-state index contributed by atoms with van der Waals surface area (Å²) in [5, 5.41) is 4.49. The maximum Gasteiger partial charge on any atom is 0.328 e. The van der Waals surface area contributed by atoms with Crippen LogP contribution < -0.4 is 10.2 Å². The standard InChI is InChI=1S/C29H32ClN3O2Si/c1-17(2)36(18(3)4,19(5)6)14-13-22-15-20-9-8-10-23-26(20)33(22)28(35)31-29(23)24-16-21(30)11-12-25(24)32(7)27(29)34/h8-12,15-19H,1-7H3,(H,31,35). The highest BCUT2D eigenvalue weighted by Crippen LogP contribution is 2.48. The van der Waals surface area contributed by atoms with Crippen molar-refractivity contribution in [2.75, 3.05) is 11.9 Å². The zero-order chi connectivity index (χ0) is 26.2. The number of nitrogens with zero attached hydrogens (tertiary/aromatic N) is 2. The lowest BCUT2D eigenvalue weighted by Gasteiger charge is -2.38. The van der Waals surface area contributed by atoms with E-state index < -0.39 is 13.6 Å². The van der Waals surface area contributed by atoms with Gasteiger partial charge in [-0.25, -0.2) is 4.79 Å². The molecule has 0 saturated heterocycles. The first-order chi connectivity index (χ1) is 17.0. The predicted octanol–water partition coefficient (Wildman–Crippen LogP) is 6.66. The van der Waals surface area contributed by atoms with E-state index in [4.69, 9.17) is 11.6 Å². The van der Waals surface area contributed by atoms with Crippen LogP contribution in [0.5, 0.6) is 0 Å². The van der Waals surface area contributed by atoms with Crippen LogP contribution in [0, 0.1) is 11.5 Å². The van der Waals surface area contributed by atoms with Crippen LogP contribution in [-0.4, -0.2) is 31.6 Å². The summed E-state index contributed by atoms with van der Waals surface area (Å²) in [5.74, 6) is 3.25. The Labute approximate surface area is 218 Å². The summed E-state index contributed by atoms with van der Waals surface area (Å²) in [6, 6.07) is 12.8. The molecule has 0 radical (unpaired) electrons. The number of aromatic nitrogens is 1. The van der Waals surface area contributed by atoms with Crippen molar-refractivity contribution in [2.24, 2.45) is 0 Å². The van der Waals surface area contributed by atoms with Crippen LogP contribution in [0.4, 0.5) is 10.5 Å². The molecule has 1 atom stereocenters. The quantitative estimate of drug-likeness (QED) is 0.312. The lowest BCUT2D eigenvalue weighted by molar-refractivity contribution is -0.122. The van der Waals surface area contributed by atoms with Gasteiger partial charge in [0, 0.05) is 34.3 Å². The van der Waals surface area contributed by atoms with Crippen LogP contribution in [0.25, 0.3) is 10.9 Å². The molecule has 1 unspecified atom stereocenters. The van der Waals surface area contributed by atoms with Crippen LogP contribution in [0.1, 0.15) is 58.4 Å². The Bertz CT molecular complexity index is 1470. The molecule has 5 rings (SSSR count). The largest absolute Gasteiger partial charge is 0.328 e.